The van der Waals surface area contributed by atoms with Gasteiger partial charge < -0.3 is 19.7 Å². The van der Waals surface area contributed by atoms with Crippen LogP contribution in [0.25, 0.3) is 11.3 Å². The molecule has 1 saturated heterocycles. The van der Waals surface area contributed by atoms with Gasteiger partial charge in [0.15, 0.2) is 12.2 Å². The molecule has 9 heteroatoms. The third kappa shape index (κ3) is 4.89. The molecule has 2 aromatic heterocycles. The van der Waals surface area contributed by atoms with E-state index in [1.54, 1.807) is 10.9 Å². The maximum Gasteiger partial charge on any atom is 0.248 e. The number of nitrogens with zero attached hydrogens (tertiary/aromatic N) is 4. The molecule has 3 atom stereocenters. The number of rotatable bonds is 7. The van der Waals surface area contributed by atoms with Gasteiger partial charge in [-0.05, 0) is 30.9 Å². The third-order valence-corrected chi connectivity index (χ3v) is 6.19. The van der Waals surface area contributed by atoms with E-state index in [0.717, 1.165) is 28.1 Å². The number of oxazole rings is 1. The van der Waals surface area contributed by atoms with E-state index in [0.29, 0.717) is 6.54 Å². The van der Waals surface area contributed by atoms with Crippen molar-refractivity contribution in [3.63, 3.8) is 0 Å². The lowest BCUT2D eigenvalue weighted by Gasteiger charge is -2.30. The summed E-state index contributed by atoms with van der Waals surface area (Å²) >= 11 is 0. The summed E-state index contributed by atoms with van der Waals surface area (Å²) in [6, 6.07) is 6.41. The molecule has 2 amide bonds. The van der Waals surface area contributed by atoms with Crippen molar-refractivity contribution < 1.29 is 19.1 Å². The van der Waals surface area contributed by atoms with Crippen LogP contribution >= 0.6 is 0 Å². The predicted octanol–water partition coefficient (Wildman–Crippen LogP) is 2.63. The number of aryl methyl sites for hydroxylation is 2. The van der Waals surface area contributed by atoms with Gasteiger partial charge in [-0.1, -0.05) is 38.1 Å². The predicted molar refractivity (Wildman–Crippen MR) is 125 cm³/mol. The van der Waals surface area contributed by atoms with Crippen molar-refractivity contribution in [2.75, 3.05) is 6.54 Å². The van der Waals surface area contributed by atoms with Crippen molar-refractivity contribution >= 4 is 11.8 Å². The summed E-state index contributed by atoms with van der Waals surface area (Å²) in [7, 11) is 0. The monoisotopic (exact) mass is 465 g/mol. The van der Waals surface area contributed by atoms with Crippen molar-refractivity contribution in [2.24, 2.45) is 5.92 Å². The Morgan fingerprint density at radius 1 is 1.24 bits per heavy atom. The summed E-state index contributed by atoms with van der Waals surface area (Å²) in [6.45, 7) is 8.14. The van der Waals surface area contributed by atoms with Crippen LogP contribution in [0.3, 0.4) is 0 Å². The highest BCUT2D eigenvalue weighted by Gasteiger charge is 2.42. The van der Waals surface area contributed by atoms with E-state index in [2.05, 4.69) is 15.4 Å². The van der Waals surface area contributed by atoms with Crippen LogP contribution in [0.4, 0.5) is 0 Å². The van der Waals surface area contributed by atoms with Gasteiger partial charge in [0.25, 0.3) is 0 Å². The molecule has 3 aromatic rings. The molecule has 3 heterocycles. The number of likely N-dealkylation sites (tertiary alicyclic amines) is 1. The Balaban J connectivity index is 1.43. The molecule has 4 rings (SSSR count). The quantitative estimate of drug-likeness (QED) is 0.555. The van der Waals surface area contributed by atoms with Crippen molar-refractivity contribution in [1.29, 1.82) is 0 Å². The first-order valence-electron chi connectivity index (χ1n) is 11.5. The van der Waals surface area contributed by atoms with Gasteiger partial charge in [-0.2, -0.15) is 5.10 Å². The van der Waals surface area contributed by atoms with Crippen molar-refractivity contribution in [1.82, 2.24) is 25.0 Å². The van der Waals surface area contributed by atoms with E-state index >= 15 is 0 Å². The average Bonchev–Trinajstić information content (AvgIpc) is 3.52. The van der Waals surface area contributed by atoms with Gasteiger partial charge in [-0.3, -0.25) is 14.3 Å². The van der Waals surface area contributed by atoms with Crippen molar-refractivity contribution in [2.45, 2.75) is 58.8 Å². The molecular formula is C25H31N5O4. The number of hydrogen-bond acceptors (Lipinski definition) is 6. The first kappa shape index (κ1) is 23.7. The highest BCUT2D eigenvalue weighted by atomic mass is 16.3. The topological polar surface area (TPSA) is 113 Å². The van der Waals surface area contributed by atoms with Crippen LogP contribution < -0.4 is 5.32 Å². The number of carbonyl (C=O) groups is 2. The Kier molecular flexibility index (Phi) is 6.83. The second-order valence-corrected chi connectivity index (χ2v) is 9.26. The van der Waals surface area contributed by atoms with Gasteiger partial charge in [0.1, 0.15) is 12.1 Å². The smallest absolute Gasteiger partial charge is 0.248 e. The van der Waals surface area contributed by atoms with Crippen LogP contribution in [0, 0.1) is 19.8 Å². The molecule has 0 bridgehead atoms. The maximum absolute atomic E-state index is 13.5. The molecule has 1 aliphatic heterocycles. The second kappa shape index (κ2) is 9.80. The van der Waals surface area contributed by atoms with E-state index in [4.69, 9.17) is 4.42 Å². The molecule has 2 N–H and O–H groups in total. The fraction of sp³-hybridized carbons (Fsp3) is 0.440. The minimum atomic E-state index is -0.740. The highest BCUT2D eigenvalue weighted by Crippen LogP contribution is 2.27. The molecule has 9 nitrogen and oxygen atoms in total. The molecular weight excluding hydrogens is 434 g/mol. The van der Waals surface area contributed by atoms with Crippen molar-refractivity contribution in [3.8, 4) is 11.3 Å². The number of benzene rings is 1. The Hall–Kier alpha value is -3.46. The summed E-state index contributed by atoms with van der Waals surface area (Å²) < 4.78 is 7.07. The van der Waals surface area contributed by atoms with Crippen LogP contribution in [0.5, 0.6) is 0 Å². The van der Waals surface area contributed by atoms with Gasteiger partial charge in [0.05, 0.1) is 18.0 Å². The molecule has 1 aliphatic rings. The lowest BCUT2D eigenvalue weighted by Crippen LogP contribution is -2.49. The minimum Gasteiger partial charge on any atom is -0.443 e. The zero-order chi connectivity index (χ0) is 24.4. The van der Waals surface area contributed by atoms with Crippen LogP contribution in [0.2, 0.25) is 0 Å². The second-order valence-electron chi connectivity index (χ2n) is 9.26. The van der Waals surface area contributed by atoms with E-state index < -0.39 is 18.2 Å². The van der Waals surface area contributed by atoms with E-state index in [1.165, 1.54) is 11.3 Å². The van der Waals surface area contributed by atoms with Gasteiger partial charge in [-0.25, -0.2) is 4.98 Å². The molecule has 34 heavy (non-hydrogen) atoms. The number of aliphatic hydroxyl groups is 1. The fourth-order valence-electron chi connectivity index (χ4n) is 4.42. The molecule has 0 spiro atoms. The maximum atomic E-state index is 13.5. The standard InChI is InChI=1S/C25H31N5O4/c1-15(2)22(30-12-16(3)10-28-30)25(33)29-13-20(31)9-21(29)24(32)26-11-18-5-7-19(8-6-18)23-17(4)27-14-34-23/h5-8,10,12,14-15,20-22,31H,9,11,13H2,1-4H3,(H,26,32). The Morgan fingerprint density at radius 2 is 1.97 bits per heavy atom. The minimum absolute atomic E-state index is 0.0280. The number of nitrogens with one attached hydrogen (secondary N) is 1. The average molecular weight is 466 g/mol. The lowest BCUT2D eigenvalue weighted by molar-refractivity contribution is -0.142. The van der Waals surface area contributed by atoms with Crippen LogP contribution in [0.15, 0.2) is 47.5 Å². The summed E-state index contributed by atoms with van der Waals surface area (Å²) in [5, 5.41) is 17.5. The van der Waals surface area contributed by atoms with Gasteiger partial charge in [0.2, 0.25) is 11.8 Å². The largest absolute Gasteiger partial charge is 0.443 e. The number of aromatic nitrogens is 3. The highest BCUT2D eigenvalue weighted by molar-refractivity contribution is 5.90. The van der Waals surface area contributed by atoms with Gasteiger partial charge >= 0.3 is 0 Å². The van der Waals surface area contributed by atoms with Gasteiger partial charge in [0, 0.05) is 31.3 Å². The zero-order valence-corrected chi connectivity index (χ0v) is 19.9. The number of amides is 2. The van der Waals surface area contributed by atoms with E-state index in [-0.39, 0.29) is 30.7 Å². The Morgan fingerprint density at radius 3 is 2.56 bits per heavy atom. The van der Waals surface area contributed by atoms with Crippen molar-refractivity contribution in [3.05, 3.63) is 59.9 Å². The molecule has 0 radical (unpaired) electrons. The van der Waals surface area contributed by atoms with E-state index in [1.807, 2.05) is 58.2 Å². The summed E-state index contributed by atoms with van der Waals surface area (Å²) in [5.41, 5.74) is 3.60. The van der Waals surface area contributed by atoms with Crippen LogP contribution in [-0.2, 0) is 16.1 Å². The Bertz CT molecular complexity index is 1150. The molecule has 180 valence electrons. The number of carbonyl (C=O) groups excluding carboxylic acids is 2. The summed E-state index contributed by atoms with van der Waals surface area (Å²) in [5.74, 6) is 0.206. The van der Waals surface area contributed by atoms with Crippen LogP contribution in [-0.4, -0.2) is 55.3 Å². The molecule has 3 unspecified atom stereocenters. The van der Waals surface area contributed by atoms with E-state index in [9.17, 15) is 14.7 Å². The third-order valence-electron chi connectivity index (χ3n) is 6.19. The van der Waals surface area contributed by atoms with Crippen LogP contribution in [0.1, 0.15) is 43.1 Å². The fourth-order valence-corrected chi connectivity index (χ4v) is 4.42. The number of β-amino-alcohol motifs (C(OH)–C–C–N with tert-alkyl or cyclic N) is 1. The first-order valence-corrected chi connectivity index (χ1v) is 11.5. The molecule has 1 aromatic carbocycles. The number of hydrogen-bond donors (Lipinski definition) is 2. The normalized spacial score (nSPS) is 18.9. The SMILES string of the molecule is Cc1cnn(C(C(=O)N2CC(O)CC2C(=O)NCc2ccc(-c3ocnc3C)cc2)C(C)C)c1. The zero-order valence-electron chi connectivity index (χ0n) is 19.9. The lowest BCUT2D eigenvalue weighted by atomic mass is 10.0. The Labute approximate surface area is 198 Å². The first-order chi connectivity index (χ1) is 16.2. The summed E-state index contributed by atoms with van der Waals surface area (Å²) in [4.78, 5) is 32.1. The number of aliphatic hydroxyl groups excluding tert-OH is 1. The molecule has 0 saturated carbocycles. The van der Waals surface area contributed by atoms with Gasteiger partial charge in [-0.15, -0.1) is 0 Å². The molecule has 0 aliphatic carbocycles. The molecule has 1 fully saturated rings. The summed E-state index contributed by atoms with van der Waals surface area (Å²) in [6.07, 6.45) is 4.43.